The second-order valence-corrected chi connectivity index (χ2v) is 6.08. The van der Waals surface area contributed by atoms with Crippen molar-refractivity contribution in [2.24, 2.45) is 0 Å². The molecule has 0 radical (unpaired) electrons. The van der Waals surface area contributed by atoms with Crippen molar-refractivity contribution in [3.8, 4) is 22.8 Å². The number of ketones is 1. The summed E-state index contributed by atoms with van der Waals surface area (Å²) in [7, 11) is 0. The van der Waals surface area contributed by atoms with Crippen LogP contribution >= 0.6 is 11.6 Å². The lowest BCUT2D eigenvalue weighted by Crippen LogP contribution is -2.16. The minimum Gasteiger partial charge on any atom is -0.486 e. The molecule has 3 aromatic rings. The zero-order valence-corrected chi connectivity index (χ0v) is 14.3. The molecule has 0 aliphatic carbocycles. The predicted octanol–water partition coefficient (Wildman–Crippen LogP) is 4.41. The molecule has 0 spiro atoms. The highest BCUT2D eigenvalue weighted by atomic mass is 35.5. The Labute approximate surface area is 154 Å². The lowest BCUT2D eigenvalue weighted by Gasteiger charge is -2.20. The van der Waals surface area contributed by atoms with Crippen LogP contribution < -0.4 is 9.47 Å². The highest BCUT2D eigenvalue weighted by Gasteiger charge is 2.24. The van der Waals surface area contributed by atoms with Gasteiger partial charge in [-0.15, -0.1) is 0 Å². The fourth-order valence-electron chi connectivity index (χ4n) is 2.83. The number of aldehydes is 1. The molecule has 5 nitrogen and oxygen atoms in total. The van der Waals surface area contributed by atoms with Crippen LogP contribution in [0.3, 0.4) is 0 Å². The first-order valence-electron chi connectivity index (χ1n) is 7.95. The van der Waals surface area contributed by atoms with Crippen LogP contribution in [0.1, 0.15) is 26.5 Å². The van der Waals surface area contributed by atoms with Crippen LogP contribution in [0.2, 0.25) is 5.02 Å². The molecule has 2 heterocycles. The number of hydrogen-bond donors (Lipinski definition) is 0. The first-order chi connectivity index (χ1) is 12.7. The van der Waals surface area contributed by atoms with Crippen LogP contribution in [-0.4, -0.2) is 25.3 Å². The van der Waals surface area contributed by atoms with E-state index in [9.17, 15) is 9.59 Å². The maximum atomic E-state index is 13.1. The molecule has 0 amide bonds. The van der Waals surface area contributed by atoms with Gasteiger partial charge in [0.25, 0.3) is 0 Å². The number of halogens is 1. The van der Waals surface area contributed by atoms with E-state index < -0.39 is 0 Å². The number of fused-ring (bicyclic) bond motifs is 1. The van der Waals surface area contributed by atoms with E-state index in [-0.39, 0.29) is 11.5 Å². The summed E-state index contributed by atoms with van der Waals surface area (Å²) < 4.78 is 16.7. The molecule has 2 aromatic carbocycles. The Bertz CT molecular complexity index is 1010. The topological polar surface area (TPSA) is 65.7 Å². The van der Waals surface area contributed by atoms with Gasteiger partial charge < -0.3 is 13.9 Å². The Kier molecular flexibility index (Phi) is 4.22. The molecule has 1 aromatic heterocycles. The van der Waals surface area contributed by atoms with Crippen LogP contribution in [0.5, 0.6) is 11.5 Å². The molecule has 0 saturated heterocycles. The number of hydrogen-bond acceptors (Lipinski definition) is 5. The van der Waals surface area contributed by atoms with E-state index in [1.807, 2.05) is 0 Å². The van der Waals surface area contributed by atoms with Crippen LogP contribution in [0.4, 0.5) is 0 Å². The van der Waals surface area contributed by atoms with Gasteiger partial charge in [0.15, 0.2) is 29.3 Å². The van der Waals surface area contributed by atoms with Crippen LogP contribution in [0.25, 0.3) is 11.3 Å². The minimum atomic E-state index is -0.272. The van der Waals surface area contributed by atoms with Gasteiger partial charge in [0.2, 0.25) is 0 Å². The van der Waals surface area contributed by atoms with E-state index in [0.717, 1.165) is 0 Å². The molecule has 1 aliphatic rings. The van der Waals surface area contributed by atoms with Crippen LogP contribution in [0.15, 0.2) is 52.9 Å². The highest BCUT2D eigenvalue weighted by molar-refractivity contribution is 6.35. The Hall–Kier alpha value is -3.05. The van der Waals surface area contributed by atoms with Crippen LogP contribution in [-0.2, 0) is 0 Å². The second-order valence-electron chi connectivity index (χ2n) is 5.67. The molecular formula is C20H13ClO5. The predicted molar refractivity (Wildman–Crippen MR) is 95.4 cm³/mol. The van der Waals surface area contributed by atoms with E-state index >= 15 is 0 Å². The fraction of sp³-hybridized carbons (Fsp3) is 0.100. The first kappa shape index (κ1) is 16.4. The largest absolute Gasteiger partial charge is 0.486 e. The minimum absolute atomic E-state index is 0.172. The third-order valence-corrected chi connectivity index (χ3v) is 4.38. The molecular weight excluding hydrogens is 356 g/mol. The van der Waals surface area contributed by atoms with Crippen molar-refractivity contribution >= 4 is 23.7 Å². The molecule has 0 saturated carbocycles. The Morgan fingerprint density at radius 3 is 2.38 bits per heavy atom. The number of carbonyl (C=O) groups excluding carboxylic acids is 2. The molecule has 26 heavy (non-hydrogen) atoms. The quantitative estimate of drug-likeness (QED) is 0.504. The third kappa shape index (κ3) is 2.86. The fourth-order valence-corrected chi connectivity index (χ4v) is 3.05. The average Bonchev–Trinajstić information content (AvgIpc) is 3.16. The Balaban J connectivity index is 1.90. The lowest BCUT2D eigenvalue weighted by atomic mass is 9.96. The van der Waals surface area contributed by atoms with E-state index in [0.29, 0.717) is 58.5 Å². The van der Waals surface area contributed by atoms with Gasteiger partial charge in [0.1, 0.15) is 19.0 Å². The van der Waals surface area contributed by atoms with Crippen LogP contribution in [0, 0.1) is 0 Å². The molecule has 130 valence electrons. The number of benzene rings is 2. The summed E-state index contributed by atoms with van der Waals surface area (Å²) in [5, 5.41) is 0.353. The molecule has 0 bridgehead atoms. The smallest absolute Gasteiger partial charge is 0.195 e. The van der Waals surface area contributed by atoms with Crippen molar-refractivity contribution in [2.45, 2.75) is 0 Å². The van der Waals surface area contributed by atoms with Gasteiger partial charge in [-0.1, -0.05) is 23.7 Å². The SMILES string of the molecule is O=Cc1ccc(-c2cc3c(cc2C(=O)c2ccccc2Cl)OCCO3)o1. The lowest BCUT2D eigenvalue weighted by molar-refractivity contribution is 0.103. The molecule has 4 rings (SSSR count). The normalized spacial score (nSPS) is 12.7. The number of ether oxygens (including phenoxy) is 2. The van der Waals surface area contributed by atoms with Crippen molar-refractivity contribution < 1.29 is 23.5 Å². The van der Waals surface area contributed by atoms with E-state index in [4.69, 9.17) is 25.5 Å². The van der Waals surface area contributed by atoms with Gasteiger partial charge in [-0.2, -0.15) is 0 Å². The van der Waals surface area contributed by atoms with Crippen molar-refractivity contribution in [3.63, 3.8) is 0 Å². The number of carbonyl (C=O) groups is 2. The summed E-state index contributed by atoms with van der Waals surface area (Å²) in [6.07, 6.45) is 0.608. The summed E-state index contributed by atoms with van der Waals surface area (Å²) in [6.45, 7) is 0.824. The van der Waals surface area contributed by atoms with Gasteiger partial charge in [0, 0.05) is 16.7 Å². The first-order valence-corrected chi connectivity index (χ1v) is 8.33. The van der Waals surface area contributed by atoms with Crippen molar-refractivity contribution in [2.75, 3.05) is 13.2 Å². The third-order valence-electron chi connectivity index (χ3n) is 4.05. The van der Waals surface area contributed by atoms with Crippen molar-refractivity contribution in [3.05, 3.63) is 70.4 Å². The summed E-state index contributed by atoms with van der Waals surface area (Å²) in [5.74, 6) is 1.29. The molecule has 0 atom stereocenters. The number of rotatable bonds is 4. The molecule has 6 heteroatoms. The maximum absolute atomic E-state index is 13.1. The van der Waals surface area contributed by atoms with Gasteiger partial charge in [-0.25, -0.2) is 0 Å². The van der Waals surface area contributed by atoms with E-state index in [2.05, 4.69) is 0 Å². The Morgan fingerprint density at radius 2 is 1.69 bits per heavy atom. The molecule has 0 unspecified atom stereocenters. The van der Waals surface area contributed by atoms with Gasteiger partial charge in [0.05, 0.1) is 5.02 Å². The zero-order chi connectivity index (χ0) is 18.1. The van der Waals surface area contributed by atoms with Crippen molar-refractivity contribution in [1.82, 2.24) is 0 Å². The standard InChI is InChI=1S/C20H13ClO5/c21-16-4-2-1-3-13(16)20(23)15-10-19-18(24-7-8-25-19)9-14(15)17-6-5-12(11-22)26-17/h1-6,9-11H,7-8H2. The highest BCUT2D eigenvalue weighted by Crippen LogP contribution is 2.39. The number of furan rings is 1. The average molecular weight is 369 g/mol. The van der Waals surface area contributed by atoms with E-state index in [1.54, 1.807) is 48.5 Å². The summed E-state index contributed by atoms with van der Waals surface area (Å²) >= 11 is 6.19. The molecule has 0 N–H and O–H groups in total. The maximum Gasteiger partial charge on any atom is 0.195 e. The van der Waals surface area contributed by atoms with Crippen molar-refractivity contribution in [1.29, 1.82) is 0 Å². The molecule has 1 aliphatic heterocycles. The summed E-state index contributed by atoms with van der Waals surface area (Å²) in [6, 6.07) is 13.3. The summed E-state index contributed by atoms with van der Waals surface area (Å²) in [4.78, 5) is 24.1. The Morgan fingerprint density at radius 1 is 0.962 bits per heavy atom. The molecule has 0 fully saturated rings. The van der Waals surface area contributed by atoms with Gasteiger partial charge in [-0.3, -0.25) is 9.59 Å². The van der Waals surface area contributed by atoms with Gasteiger partial charge >= 0.3 is 0 Å². The second kappa shape index (κ2) is 6.69. The van der Waals surface area contributed by atoms with Gasteiger partial charge in [-0.05, 0) is 36.4 Å². The van der Waals surface area contributed by atoms with E-state index in [1.165, 1.54) is 0 Å². The monoisotopic (exact) mass is 368 g/mol. The summed E-state index contributed by atoms with van der Waals surface area (Å²) in [5.41, 5.74) is 1.23. The zero-order valence-electron chi connectivity index (χ0n) is 13.5.